The van der Waals surface area contributed by atoms with Crippen molar-refractivity contribution in [3.05, 3.63) is 69.7 Å². The van der Waals surface area contributed by atoms with E-state index in [1.54, 1.807) is 18.2 Å². The average molecular weight is 337 g/mol. The summed E-state index contributed by atoms with van der Waals surface area (Å²) in [6.45, 7) is 0. The van der Waals surface area contributed by atoms with Crippen molar-refractivity contribution in [2.45, 2.75) is 19.0 Å². The molecular weight excluding hydrogens is 325 g/mol. The van der Waals surface area contributed by atoms with Crippen LogP contribution in [-0.4, -0.2) is 5.78 Å². The number of carbonyl (C=O) groups is 1. The molecule has 0 aromatic heterocycles. The van der Waals surface area contributed by atoms with Gasteiger partial charge < -0.3 is 0 Å². The van der Waals surface area contributed by atoms with Gasteiger partial charge in [0, 0.05) is 18.4 Å². The Labute approximate surface area is 137 Å². The fourth-order valence-electron chi connectivity index (χ4n) is 2.17. The molecule has 2 aromatic rings. The number of halogens is 4. The fraction of sp³-hybridized carbons (Fsp3) is 0.167. The summed E-state index contributed by atoms with van der Waals surface area (Å²) in [4.78, 5) is 12.1. The van der Waals surface area contributed by atoms with Crippen LogP contribution >= 0.6 is 11.6 Å². The van der Waals surface area contributed by atoms with Gasteiger partial charge in [0.1, 0.15) is 5.78 Å². The Kier molecular flexibility index (Phi) is 5.12. The van der Waals surface area contributed by atoms with Gasteiger partial charge in [0.15, 0.2) is 0 Å². The Balaban J connectivity index is 2.10. The first-order valence-corrected chi connectivity index (χ1v) is 7.10. The molecule has 0 saturated heterocycles. The number of rotatable bonds is 4. The normalized spacial score (nSPS) is 11.1. The Morgan fingerprint density at radius 2 is 1.74 bits per heavy atom. The van der Waals surface area contributed by atoms with E-state index in [0.29, 0.717) is 21.7 Å². The fourth-order valence-corrected chi connectivity index (χ4v) is 2.34. The van der Waals surface area contributed by atoms with Gasteiger partial charge in [-0.05, 0) is 29.3 Å². The van der Waals surface area contributed by atoms with Crippen molar-refractivity contribution in [2.24, 2.45) is 0 Å². The number of carbonyl (C=O) groups excluding carboxylic acids is 1. The first kappa shape index (κ1) is 17.1. The van der Waals surface area contributed by atoms with Crippen molar-refractivity contribution in [3.63, 3.8) is 0 Å². The van der Waals surface area contributed by atoms with Crippen molar-refractivity contribution in [3.8, 4) is 12.3 Å². The van der Waals surface area contributed by atoms with Crippen LogP contribution in [0.25, 0.3) is 0 Å². The zero-order valence-corrected chi connectivity index (χ0v) is 12.7. The second-order valence-corrected chi connectivity index (χ2v) is 5.46. The van der Waals surface area contributed by atoms with E-state index >= 15 is 0 Å². The highest BCUT2D eigenvalue weighted by atomic mass is 35.5. The summed E-state index contributed by atoms with van der Waals surface area (Å²) in [7, 11) is 0. The summed E-state index contributed by atoms with van der Waals surface area (Å²) in [5.41, 5.74) is 0.732. The molecule has 1 nitrogen and oxygen atoms in total. The second-order valence-electron chi connectivity index (χ2n) is 5.05. The molecule has 0 aliphatic heterocycles. The molecule has 0 amide bonds. The molecule has 2 rings (SSSR count). The van der Waals surface area contributed by atoms with Crippen molar-refractivity contribution in [1.29, 1.82) is 0 Å². The maximum absolute atomic E-state index is 12.7. The number of hydrogen-bond donors (Lipinski definition) is 0. The highest BCUT2D eigenvalue weighted by molar-refractivity contribution is 6.31. The van der Waals surface area contributed by atoms with E-state index in [0.717, 1.165) is 12.1 Å². The zero-order valence-electron chi connectivity index (χ0n) is 12.0. The van der Waals surface area contributed by atoms with Crippen LogP contribution in [0.1, 0.15) is 22.3 Å². The van der Waals surface area contributed by atoms with Crippen molar-refractivity contribution in [2.75, 3.05) is 0 Å². The number of alkyl halides is 3. The van der Waals surface area contributed by atoms with E-state index in [4.69, 9.17) is 18.0 Å². The van der Waals surface area contributed by atoms with E-state index in [1.807, 2.05) is 0 Å². The molecule has 0 aliphatic carbocycles. The van der Waals surface area contributed by atoms with Crippen LogP contribution in [0.3, 0.4) is 0 Å². The zero-order chi connectivity index (χ0) is 17.0. The van der Waals surface area contributed by atoms with Crippen molar-refractivity contribution < 1.29 is 18.0 Å². The summed E-state index contributed by atoms with van der Waals surface area (Å²) < 4.78 is 38.0. The molecule has 0 unspecified atom stereocenters. The van der Waals surface area contributed by atoms with Crippen LogP contribution in [-0.2, 0) is 23.8 Å². The number of hydrogen-bond acceptors (Lipinski definition) is 1. The molecular formula is C18H12ClF3O. The second kappa shape index (κ2) is 6.89. The highest BCUT2D eigenvalue weighted by Gasteiger charge is 2.30. The Morgan fingerprint density at radius 1 is 1.09 bits per heavy atom. The number of ketones is 1. The Bertz CT molecular complexity index is 773. The van der Waals surface area contributed by atoms with Gasteiger partial charge in [-0.2, -0.15) is 13.2 Å². The molecule has 0 bridgehead atoms. The molecule has 0 spiro atoms. The Hall–Kier alpha value is -2.25. The summed E-state index contributed by atoms with van der Waals surface area (Å²) in [5.74, 6) is 2.21. The molecule has 23 heavy (non-hydrogen) atoms. The predicted octanol–water partition coefficient (Wildman–Crippen LogP) is 4.69. The van der Waals surface area contributed by atoms with Crippen LogP contribution in [0.4, 0.5) is 13.2 Å². The number of benzene rings is 2. The molecule has 0 atom stereocenters. The summed E-state index contributed by atoms with van der Waals surface area (Å²) in [6, 6.07) is 9.67. The van der Waals surface area contributed by atoms with Gasteiger partial charge in [-0.1, -0.05) is 41.8 Å². The van der Waals surface area contributed by atoms with E-state index in [2.05, 4.69) is 5.92 Å². The van der Waals surface area contributed by atoms with Crippen LogP contribution in [0.5, 0.6) is 0 Å². The quantitative estimate of drug-likeness (QED) is 0.740. The third kappa shape index (κ3) is 4.61. The van der Waals surface area contributed by atoms with Gasteiger partial charge in [-0.25, -0.2) is 0 Å². The lowest BCUT2D eigenvalue weighted by Gasteiger charge is -2.08. The maximum atomic E-state index is 12.7. The van der Waals surface area contributed by atoms with Gasteiger partial charge in [0.05, 0.1) is 10.6 Å². The Morgan fingerprint density at radius 3 is 2.35 bits per heavy atom. The summed E-state index contributed by atoms with van der Waals surface area (Å²) in [6.07, 6.45) is 0.900. The molecule has 2 aromatic carbocycles. The van der Waals surface area contributed by atoms with Crippen molar-refractivity contribution >= 4 is 17.4 Å². The van der Waals surface area contributed by atoms with Crippen LogP contribution in [0.15, 0.2) is 42.5 Å². The van der Waals surface area contributed by atoms with Crippen LogP contribution in [0, 0.1) is 12.3 Å². The van der Waals surface area contributed by atoms with Crippen molar-refractivity contribution in [1.82, 2.24) is 0 Å². The van der Waals surface area contributed by atoms with Gasteiger partial charge in [0.2, 0.25) is 0 Å². The van der Waals surface area contributed by atoms with E-state index in [1.165, 1.54) is 12.1 Å². The molecule has 0 aliphatic rings. The third-order valence-electron chi connectivity index (χ3n) is 3.24. The lowest BCUT2D eigenvalue weighted by atomic mass is 10.00. The minimum Gasteiger partial charge on any atom is -0.299 e. The van der Waals surface area contributed by atoms with E-state index < -0.39 is 11.7 Å². The minimum absolute atomic E-state index is 0.0715. The largest absolute Gasteiger partial charge is 0.416 e. The van der Waals surface area contributed by atoms with Gasteiger partial charge >= 0.3 is 6.18 Å². The topological polar surface area (TPSA) is 17.1 Å². The van der Waals surface area contributed by atoms with Gasteiger partial charge in [-0.15, -0.1) is 6.42 Å². The summed E-state index contributed by atoms with van der Waals surface area (Å²) >= 11 is 5.89. The predicted molar refractivity (Wildman–Crippen MR) is 83.2 cm³/mol. The third-order valence-corrected chi connectivity index (χ3v) is 3.57. The lowest BCUT2D eigenvalue weighted by molar-refractivity contribution is -0.137. The van der Waals surface area contributed by atoms with E-state index in [-0.39, 0.29) is 18.6 Å². The first-order valence-electron chi connectivity index (χ1n) is 6.72. The average Bonchev–Trinajstić information content (AvgIpc) is 2.48. The molecule has 118 valence electrons. The summed E-state index contributed by atoms with van der Waals surface area (Å²) in [5, 5.41) is 0.418. The lowest BCUT2D eigenvalue weighted by Crippen LogP contribution is -2.09. The van der Waals surface area contributed by atoms with Crippen LogP contribution in [0.2, 0.25) is 5.02 Å². The minimum atomic E-state index is -4.42. The highest BCUT2D eigenvalue weighted by Crippen LogP contribution is 2.29. The monoisotopic (exact) mass is 336 g/mol. The smallest absolute Gasteiger partial charge is 0.299 e. The first-order chi connectivity index (χ1) is 10.8. The van der Waals surface area contributed by atoms with E-state index in [9.17, 15) is 18.0 Å². The van der Waals surface area contributed by atoms with Gasteiger partial charge in [-0.3, -0.25) is 4.79 Å². The molecule has 0 saturated carbocycles. The maximum Gasteiger partial charge on any atom is 0.416 e. The number of terminal acetylenes is 1. The SMILES string of the molecule is C#Cc1cc(CC(=O)Cc2cccc(C(F)(F)F)c2)ccc1Cl. The molecule has 0 N–H and O–H groups in total. The molecule has 0 fully saturated rings. The number of Topliss-reactive ketones (excluding diaryl/α,β-unsaturated/α-hetero) is 1. The molecule has 0 radical (unpaired) electrons. The van der Waals surface area contributed by atoms with Crippen LogP contribution < -0.4 is 0 Å². The van der Waals surface area contributed by atoms with Gasteiger partial charge in [0.25, 0.3) is 0 Å². The molecule has 0 heterocycles. The molecule has 5 heteroatoms. The standard InChI is InChI=1S/C18H12ClF3O/c1-2-14-8-13(6-7-17(14)19)11-16(23)10-12-4-3-5-15(9-12)18(20,21)22/h1,3-9H,10-11H2.